The maximum Gasteiger partial charge on any atom is 0.301 e. The lowest BCUT2D eigenvalue weighted by Crippen LogP contribution is -1.95. The van der Waals surface area contributed by atoms with Gasteiger partial charge >= 0.3 is 5.69 Å². The molecule has 0 spiro atoms. The molecule has 0 amide bonds. The summed E-state index contributed by atoms with van der Waals surface area (Å²) in [7, 11) is 1.84. The third kappa shape index (κ3) is 1.41. The summed E-state index contributed by atoms with van der Waals surface area (Å²) < 4.78 is 2.57. The van der Waals surface area contributed by atoms with E-state index in [9.17, 15) is 10.1 Å². The molecule has 0 aliphatic rings. The van der Waals surface area contributed by atoms with Crippen molar-refractivity contribution < 1.29 is 4.92 Å². The molecule has 0 unspecified atom stereocenters. The van der Waals surface area contributed by atoms with E-state index >= 15 is 0 Å². The van der Waals surface area contributed by atoms with Crippen LogP contribution in [0.3, 0.4) is 0 Å². The molecule has 0 saturated heterocycles. The molecule has 6 heteroatoms. The highest BCUT2D eigenvalue weighted by Gasteiger charge is 2.22. The second-order valence-corrected chi connectivity index (χ2v) is 4.53. The van der Waals surface area contributed by atoms with Gasteiger partial charge in [0.15, 0.2) is 5.52 Å². The number of halogens is 1. The number of fused-ring (bicyclic) bond motifs is 1. The normalized spacial score (nSPS) is 11.0. The fourth-order valence-electron chi connectivity index (χ4n) is 1.71. The Labute approximate surface area is 100 Å². The highest BCUT2D eigenvalue weighted by molar-refractivity contribution is 9.10. The number of nitrogens with zero attached hydrogens (tertiary/aromatic N) is 3. The standard InChI is InChI=1S/C10H10BrN3O2/c1-5-7(11)4-8-9(10(5)14(15)16)12-6(2)13(8)3/h4H,1-3H3. The number of nitro benzene ring substituents is 1. The van der Waals surface area contributed by atoms with Crippen LogP contribution in [-0.2, 0) is 7.05 Å². The Morgan fingerprint density at radius 1 is 1.50 bits per heavy atom. The Balaban J connectivity index is 3.00. The largest absolute Gasteiger partial charge is 0.331 e. The van der Waals surface area contributed by atoms with Crippen molar-refractivity contribution in [1.29, 1.82) is 0 Å². The van der Waals surface area contributed by atoms with Gasteiger partial charge in [0.25, 0.3) is 0 Å². The molecular weight excluding hydrogens is 274 g/mol. The number of rotatable bonds is 1. The number of aryl methyl sites for hydroxylation is 2. The van der Waals surface area contributed by atoms with Crippen molar-refractivity contribution in [2.45, 2.75) is 13.8 Å². The highest BCUT2D eigenvalue weighted by atomic mass is 79.9. The van der Waals surface area contributed by atoms with Crippen molar-refractivity contribution >= 4 is 32.7 Å². The molecule has 2 rings (SSSR count). The van der Waals surface area contributed by atoms with Gasteiger partial charge in [-0.2, -0.15) is 0 Å². The molecule has 0 bridgehead atoms. The molecule has 84 valence electrons. The zero-order chi connectivity index (χ0) is 12.0. The first kappa shape index (κ1) is 11.1. The van der Waals surface area contributed by atoms with Gasteiger partial charge in [0.1, 0.15) is 5.82 Å². The van der Waals surface area contributed by atoms with E-state index in [0.717, 1.165) is 15.8 Å². The number of benzene rings is 1. The molecule has 1 aromatic heterocycles. The lowest BCUT2D eigenvalue weighted by molar-refractivity contribution is -0.383. The van der Waals surface area contributed by atoms with Crippen molar-refractivity contribution in [3.8, 4) is 0 Å². The second-order valence-electron chi connectivity index (χ2n) is 3.67. The van der Waals surface area contributed by atoms with Crippen LogP contribution in [0.1, 0.15) is 11.4 Å². The molecule has 1 heterocycles. The van der Waals surface area contributed by atoms with Crippen LogP contribution < -0.4 is 0 Å². The van der Waals surface area contributed by atoms with Gasteiger partial charge in [-0.3, -0.25) is 10.1 Å². The number of aromatic nitrogens is 2. The summed E-state index contributed by atoms with van der Waals surface area (Å²) in [6, 6.07) is 1.86. The number of nitro groups is 1. The van der Waals surface area contributed by atoms with E-state index < -0.39 is 0 Å². The van der Waals surface area contributed by atoms with E-state index in [-0.39, 0.29) is 10.6 Å². The average Bonchev–Trinajstić information content (AvgIpc) is 2.45. The number of hydrogen-bond acceptors (Lipinski definition) is 3. The lowest BCUT2D eigenvalue weighted by atomic mass is 10.2. The molecule has 2 aromatic rings. The summed E-state index contributed by atoms with van der Waals surface area (Å²) in [5, 5.41) is 11.0. The third-order valence-electron chi connectivity index (χ3n) is 2.75. The van der Waals surface area contributed by atoms with Gasteiger partial charge < -0.3 is 4.57 Å². The van der Waals surface area contributed by atoms with Crippen molar-refractivity contribution in [2.24, 2.45) is 7.05 Å². The SMILES string of the molecule is Cc1c(Br)cc2c(nc(C)n2C)c1[N+](=O)[O-]. The molecule has 0 fully saturated rings. The van der Waals surface area contributed by atoms with Gasteiger partial charge in [-0.15, -0.1) is 0 Å². The first-order valence-corrected chi connectivity index (χ1v) is 5.49. The number of imidazole rings is 1. The Morgan fingerprint density at radius 3 is 2.69 bits per heavy atom. The van der Waals surface area contributed by atoms with Crippen molar-refractivity contribution in [1.82, 2.24) is 9.55 Å². The predicted molar refractivity (Wildman–Crippen MR) is 64.5 cm³/mol. The minimum absolute atomic E-state index is 0.0769. The van der Waals surface area contributed by atoms with Crippen LogP contribution in [0, 0.1) is 24.0 Å². The minimum atomic E-state index is -0.380. The molecule has 0 radical (unpaired) electrons. The molecule has 5 nitrogen and oxygen atoms in total. The van der Waals surface area contributed by atoms with Gasteiger partial charge in [0.2, 0.25) is 0 Å². The van der Waals surface area contributed by atoms with Crippen LogP contribution in [-0.4, -0.2) is 14.5 Å². The van der Waals surface area contributed by atoms with Crippen LogP contribution in [0.5, 0.6) is 0 Å². The molecule has 0 saturated carbocycles. The van der Waals surface area contributed by atoms with Gasteiger partial charge in [0, 0.05) is 17.1 Å². The predicted octanol–water partition coefficient (Wildman–Crippen LogP) is 2.86. The molecule has 0 aliphatic heterocycles. The van der Waals surface area contributed by atoms with Gasteiger partial charge in [-0.1, -0.05) is 15.9 Å². The third-order valence-corrected chi connectivity index (χ3v) is 3.57. The van der Waals surface area contributed by atoms with Gasteiger partial charge in [0.05, 0.1) is 10.4 Å². The second kappa shape index (κ2) is 3.55. The van der Waals surface area contributed by atoms with Gasteiger partial charge in [-0.05, 0) is 19.9 Å². The van der Waals surface area contributed by atoms with E-state index in [0.29, 0.717) is 11.1 Å². The molecule has 0 N–H and O–H groups in total. The van der Waals surface area contributed by atoms with E-state index in [1.807, 2.05) is 24.6 Å². The smallest absolute Gasteiger partial charge is 0.301 e. The van der Waals surface area contributed by atoms with E-state index in [1.165, 1.54) is 0 Å². The average molecular weight is 284 g/mol. The van der Waals surface area contributed by atoms with Crippen LogP contribution in [0.15, 0.2) is 10.5 Å². The van der Waals surface area contributed by atoms with Crippen molar-refractivity contribution in [2.75, 3.05) is 0 Å². The summed E-state index contributed by atoms with van der Waals surface area (Å²) in [6.45, 7) is 3.54. The van der Waals surface area contributed by atoms with Crippen molar-refractivity contribution in [3.05, 3.63) is 32.0 Å². The fraction of sp³-hybridized carbons (Fsp3) is 0.300. The highest BCUT2D eigenvalue weighted by Crippen LogP contribution is 2.34. The quantitative estimate of drug-likeness (QED) is 0.597. The minimum Gasteiger partial charge on any atom is -0.331 e. The maximum absolute atomic E-state index is 11.0. The van der Waals surface area contributed by atoms with E-state index in [2.05, 4.69) is 20.9 Å². The monoisotopic (exact) mass is 283 g/mol. The molecule has 0 aliphatic carbocycles. The fourth-order valence-corrected chi connectivity index (χ4v) is 2.11. The van der Waals surface area contributed by atoms with Crippen LogP contribution in [0.2, 0.25) is 0 Å². The maximum atomic E-state index is 11.0. The van der Waals surface area contributed by atoms with Crippen molar-refractivity contribution in [3.63, 3.8) is 0 Å². The number of hydrogen-bond donors (Lipinski definition) is 0. The Morgan fingerprint density at radius 2 is 2.12 bits per heavy atom. The Hall–Kier alpha value is -1.43. The molecular formula is C10H10BrN3O2. The Bertz CT molecular complexity index is 604. The van der Waals surface area contributed by atoms with E-state index in [1.54, 1.807) is 6.92 Å². The van der Waals surface area contributed by atoms with Gasteiger partial charge in [-0.25, -0.2) is 4.98 Å². The lowest BCUT2D eigenvalue weighted by Gasteiger charge is -2.02. The first-order chi connectivity index (χ1) is 7.43. The summed E-state index contributed by atoms with van der Waals surface area (Å²) in [5.41, 5.74) is 1.90. The van der Waals surface area contributed by atoms with E-state index in [4.69, 9.17) is 0 Å². The summed E-state index contributed by atoms with van der Waals surface area (Å²) in [6.07, 6.45) is 0. The molecule has 1 aromatic carbocycles. The summed E-state index contributed by atoms with van der Waals surface area (Å²) in [5.74, 6) is 0.760. The zero-order valence-electron chi connectivity index (χ0n) is 9.11. The molecule has 0 atom stereocenters. The Kier molecular flexibility index (Phi) is 2.46. The topological polar surface area (TPSA) is 61.0 Å². The van der Waals surface area contributed by atoms with Crippen LogP contribution in [0.25, 0.3) is 11.0 Å². The van der Waals surface area contributed by atoms with Crippen LogP contribution in [0.4, 0.5) is 5.69 Å². The summed E-state index contributed by atoms with van der Waals surface area (Å²) >= 11 is 3.33. The first-order valence-electron chi connectivity index (χ1n) is 4.70. The summed E-state index contributed by atoms with van der Waals surface area (Å²) in [4.78, 5) is 14.9. The zero-order valence-corrected chi connectivity index (χ0v) is 10.7. The van der Waals surface area contributed by atoms with Crippen LogP contribution >= 0.6 is 15.9 Å². The molecule has 16 heavy (non-hydrogen) atoms.